The van der Waals surface area contributed by atoms with Crippen LogP contribution >= 0.6 is 11.6 Å². The number of halogens is 2. The third-order valence-corrected chi connectivity index (χ3v) is 3.90. The van der Waals surface area contributed by atoms with E-state index in [1.54, 1.807) is 6.07 Å². The standard InChI is InChI=1S/C14H15ClFN3O/c1-8-6-9(4-5-17-8)14-18-13(19-20-14)11-3-2-10(16)7-12(11)15/h2-3,7-9,17H,4-6H2,1H3. The van der Waals surface area contributed by atoms with Crippen molar-refractivity contribution < 1.29 is 8.91 Å². The number of aromatic nitrogens is 2. The zero-order chi connectivity index (χ0) is 14.1. The fraction of sp³-hybridized carbons (Fsp3) is 0.429. The van der Waals surface area contributed by atoms with Crippen LogP contribution in [0.4, 0.5) is 4.39 Å². The maximum absolute atomic E-state index is 13.0. The van der Waals surface area contributed by atoms with Crippen molar-refractivity contribution in [1.82, 2.24) is 15.5 Å². The molecule has 2 unspecified atom stereocenters. The van der Waals surface area contributed by atoms with Crippen LogP contribution < -0.4 is 5.32 Å². The second kappa shape index (κ2) is 5.50. The van der Waals surface area contributed by atoms with Crippen molar-refractivity contribution in [2.45, 2.75) is 31.7 Å². The highest BCUT2D eigenvalue weighted by molar-refractivity contribution is 6.33. The smallest absolute Gasteiger partial charge is 0.230 e. The molecule has 1 aliphatic heterocycles. The second-order valence-corrected chi connectivity index (χ2v) is 5.56. The molecule has 0 aliphatic carbocycles. The van der Waals surface area contributed by atoms with Gasteiger partial charge in [-0.1, -0.05) is 16.8 Å². The SMILES string of the molecule is CC1CC(c2nc(-c3ccc(F)cc3Cl)no2)CCN1. The van der Waals surface area contributed by atoms with E-state index < -0.39 is 0 Å². The van der Waals surface area contributed by atoms with Crippen molar-refractivity contribution in [3.63, 3.8) is 0 Å². The van der Waals surface area contributed by atoms with Gasteiger partial charge in [-0.3, -0.25) is 0 Å². The molecule has 6 heteroatoms. The van der Waals surface area contributed by atoms with E-state index in [1.807, 2.05) is 0 Å². The first-order valence-corrected chi connectivity index (χ1v) is 7.03. The number of rotatable bonds is 2. The Morgan fingerprint density at radius 1 is 1.45 bits per heavy atom. The first-order valence-electron chi connectivity index (χ1n) is 6.66. The van der Waals surface area contributed by atoms with Crippen LogP contribution in [0.5, 0.6) is 0 Å². The van der Waals surface area contributed by atoms with Crippen LogP contribution in [-0.4, -0.2) is 22.7 Å². The monoisotopic (exact) mass is 295 g/mol. The topological polar surface area (TPSA) is 51.0 Å². The van der Waals surface area contributed by atoms with Gasteiger partial charge >= 0.3 is 0 Å². The molecule has 1 aromatic carbocycles. The van der Waals surface area contributed by atoms with E-state index in [2.05, 4.69) is 22.4 Å². The molecule has 0 radical (unpaired) electrons. The van der Waals surface area contributed by atoms with Gasteiger partial charge in [0.15, 0.2) is 0 Å². The van der Waals surface area contributed by atoms with Crippen molar-refractivity contribution in [2.75, 3.05) is 6.54 Å². The van der Waals surface area contributed by atoms with Crippen LogP contribution in [0, 0.1) is 5.82 Å². The van der Waals surface area contributed by atoms with Gasteiger partial charge in [0.1, 0.15) is 5.82 Å². The number of nitrogens with zero attached hydrogens (tertiary/aromatic N) is 2. The molecule has 2 heterocycles. The summed E-state index contributed by atoms with van der Waals surface area (Å²) in [4.78, 5) is 4.42. The minimum Gasteiger partial charge on any atom is -0.339 e. The predicted molar refractivity (Wildman–Crippen MR) is 74.1 cm³/mol. The Bertz CT molecular complexity index is 616. The van der Waals surface area contributed by atoms with Crippen LogP contribution in [0.3, 0.4) is 0 Å². The summed E-state index contributed by atoms with van der Waals surface area (Å²) in [7, 11) is 0. The summed E-state index contributed by atoms with van der Waals surface area (Å²) in [6, 6.07) is 4.60. The van der Waals surface area contributed by atoms with Gasteiger partial charge in [0, 0.05) is 17.5 Å². The van der Waals surface area contributed by atoms with Gasteiger partial charge in [-0.05, 0) is 44.5 Å². The summed E-state index contributed by atoms with van der Waals surface area (Å²) >= 11 is 6.01. The molecule has 1 saturated heterocycles. The van der Waals surface area contributed by atoms with Gasteiger partial charge in [-0.15, -0.1) is 0 Å². The third kappa shape index (κ3) is 2.69. The summed E-state index contributed by atoms with van der Waals surface area (Å²) < 4.78 is 18.4. The lowest BCUT2D eigenvalue weighted by Crippen LogP contribution is -2.34. The Balaban J connectivity index is 1.86. The highest BCUT2D eigenvalue weighted by Crippen LogP contribution is 2.30. The quantitative estimate of drug-likeness (QED) is 0.923. The van der Waals surface area contributed by atoms with Gasteiger partial charge < -0.3 is 9.84 Å². The maximum Gasteiger partial charge on any atom is 0.230 e. The molecule has 0 spiro atoms. The number of hydrogen-bond acceptors (Lipinski definition) is 4. The van der Waals surface area contributed by atoms with Crippen LogP contribution in [0.15, 0.2) is 22.7 Å². The summed E-state index contributed by atoms with van der Waals surface area (Å²) in [6.07, 6.45) is 1.95. The van der Waals surface area contributed by atoms with Crippen molar-refractivity contribution in [3.8, 4) is 11.4 Å². The maximum atomic E-state index is 13.0. The summed E-state index contributed by atoms with van der Waals surface area (Å²) in [5.74, 6) is 0.936. The Hall–Kier alpha value is -1.46. The van der Waals surface area contributed by atoms with Crippen molar-refractivity contribution in [3.05, 3.63) is 34.9 Å². The van der Waals surface area contributed by atoms with E-state index in [1.165, 1.54) is 12.1 Å². The van der Waals surface area contributed by atoms with Crippen molar-refractivity contribution >= 4 is 11.6 Å². The fourth-order valence-corrected chi connectivity index (χ4v) is 2.79. The Kier molecular flexibility index (Phi) is 3.72. The molecular weight excluding hydrogens is 281 g/mol. The van der Waals surface area contributed by atoms with E-state index in [9.17, 15) is 4.39 Å². The summed E-state index contributed by atoms with van der Waals surface area (Å²) in [5.41, 5.74) is 0.588. The third-order valence-electron chi connectivity index (χ3n) is 3.59. The summed E-state index contributed by atoms with van der Waals surface area (Å²) in [5, 5.41) is 7.63. The van der Waals surface area contributed by atoms with E-state index in [0.717, 1.165) is 19.4 Å². The van der Waals surface area contributed by atoms with E-state index in [-0.39, 0.29) is 16.8 Å². The average Bonchev–Trinajstić information content (AvgIpc) is 2.88. The van der Waals surface area contributed by atoms with Crippen molar-refractivity contribution in [1.29, 1.82) is 0 Å². The predicted octanol–water partition coefficient (Wildman–Crippen LogP) is 3.38. The molecule has 1 fully saturated rings. The normalized spacial score (nSPS) is 22.9. The van der Waals surface area contributed by atoms with Gasteiger partial charge in [0.05, 0.1) is 5.02 Å². The number of hydrogen-bond donors (Lipinski definition) is 1. The van der Waals surface area contributed by atoms with E-state index in [0.29, 0.717) is 23.3 Å². The number of nitrogens with one attached hydrogen (secondary N) is 1. The first-order chi connectivity index (χ1) is 9.63. The lowest BCUT2D eigenvalue weighted by atomic mass is 9.93. The molecule has 20 heavy (non-hydrogen) atoms. The Morgan fingerprint density at radius 2 is 2.30 bits per heavy atom. The average molecular weight is 296 g/mol. The molecule has 2 aromatic rings. The molecule has 3 rings (SSSR count). The lowest BCUT2D eigenvalue weighted by Gasteiger charge is -2.25. The molecular formula is C14H15ClFN3O. The number of piperidine rings is 1. The molecule has 1 aliphatic rings. The highest BCUT2D eigenvalue weighted by Gasteiger charge is 2.25. The summed E-state index contributed by atoms with van der Waals surface area (Å²) in [6.45, 7) is 3.08. The zero-order valence-corrected chi connectivity index (χ0v) is 11.8. The van der Waals surface area contributed by atoms with Crippen LogP contribution in [-0.2, 0) is 0 Å². The zero-order valence-electron chi connectivity index (χ0n) is 11.1. The molecule has 1 aromatic heterocycles. The molecule has 4 nitrogen and oxygen atoms in total. The Morgan fingerprint density at radius 3 is 3.05 bits per heavy atom. The molecule has 0 amide bonds. The van der Waals surface area contributed by atoms with Crippen molar-refractivity contribution in [2.24, 2.45) is 0 Å². The van der Waals surface area contributed by atoms with E-state index in [4.69, 9.17) is 16.1 Å². The highest BCUT2D eigenvalue weighted by atomic mass is 35.5. The second-order valence-electron chi connectivity index (χ2n) is 5.16. The van der Waals surface area contributed by atoms with Crippen LogP contribution in [0.1, 0.15) is 31.6 Å². The van der Waals surface area contributed by atoms with Gasteiger partial charge in [-0.25, -0.2) is 4.39 Å². The fourth-order valence-electron chi connectivity index (χ4n) is 2.54. The lowest BCUT2D eigenvalue weighted by molar-refractivity contribution is 0.295. The van der Waals surface area contributed by atoms with Crippen LogP contribution in [0.25, 0.3) is 11.4 Å². The minimum absolute atomic E-state index is 0.270. The van der Waals surface area contributed by atoms with Gasteiger partial charge in [-0.2, -0.15) is 4.98 Å². The van der Waals surface area contributed by atoms with E-state index >= 15 is 0 Å². The molecule has 106 valence electrons. The largest absolute Gasteiger partial charge is 0.339 e. The molecule has 1 N–H and O–H groups in total. The molecule has 0 bridgehead atoms. The first kappa shape index (κ1) is 13.5. The molecule has 0 saturated carbocycles. The van der Waals surface area contributed by atoms with Gasteiger partial charge in [0.2, 0.25) is 11.7 Å². The van der Waals surface area contributed by atoms with Crippen LogP contribution in [0.2, 0.25) is 5.02 Å². The minimum atomic E-state index is -0.380. The molecule has 2 atom stereocenters. The Labute approximate surface area is 121 Å². The van der Waals surface area contributed by atoms with Gasteiger partial charge in [0.25, 0.3) is 0 Å². The number of benzene rings is 1.